The predicted octanol–water partition coefficient (Wildman–Crippen LogP) is 8.94. The van der Waals surface area contributed by atoms with Gasteiger partial charge in [0.1, 0.15) is 5.75 Å². The Hall–Kier alpha value is 0.0112. The summed E-state index contributed by atoms with van der Waals surface area (Å²) < 4.78 is 0. The molecule has 0 atom stereocenters. The van der Waals surface area contributed by atoms with Crippen LogP contribution in [0.2, 0.25) is 13.1 Å². The van der Waals surface area contributed by atoms with E-state index in [0.717, 1.165) is 28.8 Å². The van der Waals surface area contributed by atoms with Crippen LogP contribution in [0.5, 0.6) is 5.75 Å². The van der Waals surface area contributed by atoms with E-state index < -0.39 is 0 Å². The molecule has 1 aliphatic carbocycles. The number of rotatable bonds is 8. The zero-order chi connectivity index (χ0) is 22.1. The second-order valence-electron chi connectivity index (χ2n) is 8.95. The van der Waals surface area contributed by atoms with Crippen LogP contribution in [0.3, 0.4) is 0 Å². The Morgan fingerprint density at radius 1 is 0.875 bits per heavy atom. The van der Waals surface area contributed by atoms with Crippen LogP contribution in [-0.2, 0) is 34.6 Å². The summed E-state index contributed by atoms with van der Waals surface area (Å²) in [6, 6.07) is 6.10. The Labute approximate surface area is 229 Å². The summed E-state index contributed by atoms with van der Waals surface area (Å²) in [7, 11) is 0.750. The van der Waals surface area contributed by atoms with E-state index in [4.69, 9.17) is 0 Å². The second kappa shape index (κ2) is 24.1. The first-order valence-corrected chi connectivity index (χ1v) is 13.9. The Kier molecular flexibility index (Phi) is 29.6. The van der Waals surface area contributed by atoms with E-state index in [-0.39, 0.29) is 46.5 Å². The second-order valence-corrected chi connectivity index (χ2v) is 10.1. The molecule has 0 saturated heterocycles. The Morgan fingerprint density at radius 2 is 1.31 bits per heavy atom. The number of halogens is 2. The van der Waals surface area contributed by atoms with E-state index in [1.165, 1.54) is 55.2 Å². The Bertz CT molecular complexity index is 582. The van der Waals surface area contributed by atoms with Crippen molar-refractivity contribution in [2.45, 2.75) is 106 Å². The molecule has 0 amide bonds. The molecule has 5 heteroatoms. The maximum atomic E-state index is 9.71. The molecular formula is C27H48Cl2OSiTi-. The Balaban J connectivity index is -0.000000223. The maximum absolute atomic E-state index is 9.71. The van der Waals surface area contributed by atoms with Crippen LogP contribution >= 0.6 is 24.8 Å². The van der Waals surface area contributed by atoms with Crippen LogP contribution in [0.15, 0.2) is 35.9 Å². The molecule has 32 heavy (non-hydrogen) atoms. The zero-order valence-corrected chi connectivity index (χ0v) is 25.9. The standard InChI is InChI=1S/C16H26O.C9H13.C2H7Si.2ClH.Ti/c1-3-5-7-9-14-11-15(10-8-6-4-2)13-16(17)12-14;1-9(2,3)8-6-4-5-7-8;1-3-2;;;/h11-13,17H,3-10H2,1-2H3;4,6H,5H2,1-3H3;3H,1-2H3;2*1H;/q;-1;;;;. The first kappa shape index (κ1) is 39.2. The predicted molar refractivity (Wildman–Crippen MR) is 148 cm³/mol. The van der Waals surface area contributed by atoms with Gasteiger partial charge in [-0.1, -0.05) is 79.5 Å². The van der Waals surface area contributed by atoms with Gasteiger partial charge in [0.25, 0.3) is 0 Å². The van der Waals surface area contributed by atoms with Gasteiger partial charge in [-0.3, -0.25) is 6.08 Å². The molecule has 0 bridgehead atoms. The van der Waals surface area contributed by atoms with Gasteiger partial charge >= 0.3 is 0 Å². The minimum Gasteiger partial charge on any atom is -0.508 e. The van der Waals surface area contributed by atoms with Gasteiger partial charge in [-0.15, -0.1) is 31.2 Å². The van der Waals surface area contributed by atoms with E-state index in [1.54, 1.807) is 0 Å². The van der Waals surface area contributed by atoms with Crippen molar-refractivity contribution in [2.75, 3.05) is 0 Å². The molecule has 1 aromatic carbocycles. The van der Waals surface area contributed by atoms with E-state index in [2.05, 4.69) is 72.0 Å². The number of phenolic OH excluding ortho intramolecular Hbond substituents is 1. The van der Waals surface area contributed by atoms with Crippen molar-refractivity contribution < 1.29 is 26.8 Å². The van der Waals surface area contributed by atoms with Crippen molar-refractivity contribution >= 4 is 34.3 Å². The van der Waals surface area contributed by atoms with Gasteiger partial charge in [-0.25, -0.2) is 11.6 Å². The van der Waals surface area contributed by atoms with Crippen LogP contribution in [0.4, 0.5) is 0 Å². The average Bonchev–Trinajstić information content (AvgIpc) is 3.18. The molecule has 0 spiro atoms. The van der Waals surface area contributed by atoms with E-state index in [0.29, 0.717) is 11.2 Å². The molecule has 0 aliphatic heterocycles. The minimum atomic E-state index is 0. The van der Waals surface area contributed by atoms with Gasteiger partial charge in [-0.05, 0) is 54.4 Å². The quantitative estimate of drug-likeness (QED) is 0.200. The smallest absolute Gasteiger partial charge is 0.116 e. The number of benzene rings is 1. The number of hydrogen-bond acceptors (Lipinski definition) is 1. The van der Waals surface area contributed by atoms with E-state index >= 15 is 0 Å². The summed E-state index contributed by atoms with van der Waals surface area (Å²) in [6.07, 6.45) is 18.4. The molecule has 0 fully saturated rings. The normalized spacial score (nSPS) is 11.4. The summed E-state index contributed by atoms with van der Waals surface area (Å²) in [6.45, 7) is 15.5. The molecule has 185 valence electrons. The van der Waals surface area contributed by atoms with Crippen molar-refractivity contribution in [3.05, 3.63) is 53.1 Å². The first-order chi connectivity index (χ1) is 13.8. The number of hydrogen-bond donors (Lipinski definition) is 1. The number of phenols is 1. The number of allylic oxidation sites excluding steroid dienone is 4. The molecule has 0 saturated carbocycles. The minimum absolute atomic E-state index is 0. The fourth-order valence-corrected chi connectivity index (χ4v) is 3.11. The third-order valence-electron chi connectivity index (χ3n) is 4.68. The molecule has 0 heterocycles. The van der Waals surface area contributed by atoms with Gasteiger partial charge in [-0.2, -0.15) is 6.08 Å². The van der Waals surface area contributed by atoms with Crippen LogP contribution in [0.25, 0.3) is 0 Å². The fraction of sp³-hybridized carbons (Fsp3) is 0.630. The van der Waals surface area contributed by atoms with Gasteiger partial charge in [0.2, 0.25) is 0 Å². The monoisotopic (exact) mass is 534 g/mol. The molecule has 0 unspecified atom stereocenters. The van der Waals surface area contributed by atoms with Crippen molar-refractivity contribution in [3.8, 4) is 5.75 Å². The van der Waals surface area contributed by atoms with Crippen molar-refractivity contribution in [1.82, 2.24) is 0 Å². The van der Waals surface area contributed by atoms with Crippen molar-refractivity contribution in [3.63, 3.8) is 0 Å². The zero-order valence-electron chi connectivity index (χ0n) is 21.6. The molecule has 1 radical (unpaired) electrons. The molecule has 0 aromatic heterocycles. The van der Waals surface area contributed by atoms with Crippen LogP contribution < -0.4 is 0 Å². The van der Waals surface area contributed by atoms with Crippen LogP contribution in [-0.4, -0.2) is 14.6 Å². The fourth-order valence-electron chi connectivity index (χ4n) is 3.11. The SMILES string of the molecule is CC(C)(C)C1=[C-]CC=C1.CCCCCc1cc(O)cc(CCCCC)c1.C[SiH]C.Cl.Cl.[Ti]. The number of aromatic hydroxyl groups is 1. The third kappa shape index (κ3) is 20.6. The van der Waals surface area contributed by atoms with Gasteiger partial charge in [0.05, 0.1) is 0 Å². The van der Waals surface area contributed by atoms with Crippen LogP contribution in [0, 0.1) is 11.5 Å². The summed E-state index contributed by atoms with van der Waals surface area (Å²) in [5.74, 6) is 0.436. The molecule has 1 N–H and O–H groups in total. The van der Waals surface area contributed by atoms with Crippen molar-refractivity contribution in [1.29, 1.82) is 0 Å². The molecular weight excluding hydrogens is 487 g/mol. The number of aryl methyl sites for hydroxylation is 2. The van der Waals surface area contributed by atoms with Gasteiger partial charge < -0.3 is 5.11 Å². The molecule has 1 aromatic rings. The van der Waals surface area contributed by atoms with Crippen LogP contribution in [0.1, 0.15) is 90.7 Å². The molecule has 2 rings (SSSR count). The maximum Gasteiger partial charge on any atom is 0.116 e. The van der Waals surface area contributed by atoms with Gasteiger partial charge in [0.15, 0.2) is 0 Å². The number of unbranched alkanes of at least 4 members (excludes halogenated alkanes) is 4. The largest absolute Gasteiger partial charge is 0.508 e. The summed E-state index contributed by atoms with van der Waals surface area (Å²) in [5.41, 5.74) is 4.24. The van der Waals surface area contributed by atoms with Gasteiger partial charge in [0, 0.05) is 31.2 Å². The molecule has 1 aliphatic rings. The summed E-state index contributed by atoms with van der Waals surface area (Å²) in [4.78, 5) is 0. The Morgan fingerprint density at radius 3 is 1.59 bits per heavy atom. The third-order valence-corrected chi connectivity index (χ3v) is 4.68. The summed E-state index contributed by atoms with van der Waals surface area (Å²) in [5, 5.41) is 9.71. The first-order valence-electron chi connectivity index (χ1n) is 11.6. The average molecular weight is 536 g/mol. The van der Waals surface area contributed by atoms with E-state index in [1.807, 2.05) is 12.1 Å². The topological polar surface area (TPSA) is 20.2 Å². The molecule has 1 nitrogen and oxygen atoms in total. The summed E-state index contributed by atoms with van der Waals surface area (Å²) >= 11 is 0. The van der Waals surface area contributed by atoms with E-state index in [9.17, 15) is 5.11 Å². The van der Waals surface area contributed by atoms with Crippen molar-refractivity contribution in [2.24, 2.45) is 5.41 Å².